The molecule has 1 aliphatic rings. The summed E-state index contributed by atoms with van der Waals surface area (Å²) in [5, 5.41) is 2.23. The Balaban J connectivity index is 1.93. The molecule has 27 heavy (non-hydrogen) atoms. The zero-order valence-corrected chi connectivity index (χ0v) is 16.0. The van der Waals surface area contributed by atoms with Crippen molar-refractivity contribution in [2.24, 2.45) is 0 Å². The predicted octanol–water partition coefficient (Wildman–Crippen LogP) is 3.84. The lowest BCUT2D eigenvalue weighted by Gasteiger charge is -2.21. The van der Waals surface area contributed by atoms with Gasteiger partial charge in [-0.15, -0.1) is 0 Å². The summed E-state index contributed by atoms with van der Waals surface area (Å²) in [5.74, 6) is 1.74. The molecule has 138 valence electrons. The molecule has 0 atom stereocenters. The predicted molar refractivity (Wildman–Crippen MR) is 108 cm³/mol. The largest absolute Gasteiger partial charge is 0.490 e. The van der Waals surface area contributed by atoms with Gasteiger partial charge < -0.3 is 18.8 Å². The van der Waals surface area contributed by atoms with E-state index in [2.05, 4.69) is 0 Å². The van der Waals surface area contributed by atoms with Crippen LogP contribution in [0, 0.1) is 0 Å². The van der Waals surface area contributed by atoms with Gasteiger partial charge in [0.15, 0.2) is 18.6 Å². The molecular formula is C22H21O4P. The van der Waals surface area contributed by atoms with Gasteiger partial charge in [0.05, 0.1) is 6.61 Å². The van der Waals surface area contributed by atoms with Crippen molar-refractivity contribution in [1.29, 1.82) is 0 Å². The van der Waals surface area contributed by atoms with Gasteiger partial charge in [0.2, 0.25) is 12.5 Å². The number of ether oxygens (including phenoxy) is 3. The SMILES string of the molecule is CCCOc1cc(P(=O)(c2ccccc2)c2ccccc2)cc2c1OCO2. The number of benzene rings is 3. The standard InChI is InChI=1S/C22H21O4P/c1-2-13-24-20-14-19(15-21-22(20)26-16-25-21)27(23,17-9-5-3-6-10-17)18-11-7-4-8-12-18/h3-12,14-15H,2,13,16H2,1H3. The lowest BCUT2D eigenvalue weighted by Crippen LogP contribution is -2.25. The van der Waals surface area contributed by atoms with Crippen LogP contribution in [0.3, 0.4) is 0 Å². The summed E-state index contributed by atoms with van der Waals surface area (Å²) in [4.78, 5) is 0. The molecule has 0 N–H and O–H groups in total. The smallest absolute Gasteiger partial charge is 0.231 e. The van der Waals surface area contributed by atoms with Crippen molar-refractivity contribution < 1.29 is 18.8 Å². The summed E-state index contributed by atoms with van der Waals surface area (Å²) in [5.41, 5.74) is 0. The lowest BCUT2D eigenvalue weighted by atomic mass is 10.3. The Kier molecular flexibility index (Phi) is 4.91. The zero-order chi connectivity index (χ0) is 18.7. The van der Waals surface area contributed by atoms with Crippen molar-refractivity contribution in [3.8, 4) is 17.2 Å². The van der Waals surface area contributed by atoms with E-state index in [1.165, 1.54) is 0 Å². The van der Waals surface area contributed by atoms with Gasteiger partial charge in [-0.25, -0.2) is 0 Å². The van der Waals surface area contributed by atoms with E-state index in [9.17, 15) is 4.57 Å². The third-order valence-corrected chi connectivity index (χ3v) is 7.52. The van der Waals surface area contributed by atoms with Crippen molar-refractivity contribution in [3.05, 3.63) is 72.8 Å². The second kappa shape index (κ2) is 7.50. The first-order valence-corrected chi connectivity index (χ1v) is 10.7. The minimum absolute atomic E-state index is 0.141. The van der Waals surface area contributed by atoms with Crippen LogP contribution in [0.15, 0.2) is 72.8 Å². The van der Waals surface area contributed by atoms with Crippen molar-refractivity contribution in [2.45, 2.75) is 13.3 Å². The van der Waals surface area contributed by atoms with Crippen LogP contribution in [0.4, 0.5) is 0 Å². The van der Waals surface area contributed by atoms with Crippen LogP contribution in [-0.2, 0) is 4.57 Å². The summed E-state index contributed by atoms with van der Waals surface area (Å²) in [6, 6.07) is 22.8. The molecule has 0 bridgehead atoms. The Bertz CT molecular complexity index is 927. The average Bonchev–Trinajstić information content (AvgIpc) is 3.21. The van der Waals surface area contributed by atoms with E-state index in [1.54, 1.807) is 0 Å². The molecule has 1 heterocycles. The highest BCUT2D eigenvalue weighted by atomic mass is 31.2. The van der Waals surface area contributed by atoms with Crippen molar-refractivity contribution in [3.63, 3.8) is 0 Å². The summed E-state index contributed by atoms with van der Waals surface area (Å²) < 4.78 is 31.5. The molecule has 4 nitrogen and oxygen atoms in total. The minimum Gasteiger partial charge on any atom is -0.490 e. The second-order valence-electron chi connectivity index (χ2n) is 6.31. The second-order valence-corrected chi connectivity index (χ2v) is 9.07. The average molecular weight is 380 g/mol. The van der Waals surface area contributed by atoms with Gasteiger partial charge in [-0.3, -0.25) is 0 Å². The Morgan fingerprint density at radius 1 is 0.889 bits per heavy atom. The topological polar surface area (TPSA) is 44.8 Å². The van der Waals surface area contributed by atoms with Crippen molar-refractivity contribution in [2.75, 3.05) is 13.4 Å². The van der Waals surface area contributed by atoms with Crippen molar-refractivity contribution >= 4 is 23.1 Å². The molecule has 3 aromatic rings. The minimum atomic E-state index is -3.08. The maximum Gasteiger partial charge on any atom is 0.231 e. The van der Waals surface area contributed by atoms with E-state index in [0.717, 1.165) is 17.0 Å². The zero-order valence-electron chi connectivity index (χ0n) is 15.1. The summed E-state index contributed by atoms with van der Waals surface area (Å²) >= 11 is 0. The van der Waals surface area contributed by atoms with Crippen LogP contribution in [-0.4, -0.2) is 13.4 Å². The molecule has 0 fully saturated rings. The monoisotopic (exact) mass is 380 g/mol. The van der Waals surface area contributed by atoms with Gasteiger partial charge in [0.25, 0.3) is 0 Å². The lowest BCUT2D eigenvalue weighted by molar-refractivity contribution is 0.169. The van der Waals surface area contributed by atoms with Crippen LogP contribution < -0.4 is 30.1 Å². The first kappa shape index (κ1) is 17.7. The summed E-state index contributed by atoms with van der Waals surface area (Å²) in [6.07, 6.45) is 0.870. The number of rotatable bonds is 6. The molecule has 0 radical (unpaired) electrons. The van der Waals surface area contributed by atoms with E-state index in [-0.39, 0.29) is 6.79 Å². The van der Waals surface area contributed by atoms with E-state index >= 15 is 0 Å². The highest BCUT2D eigenvalue weighted by Gasteiger charge is 2.33. The fourth-order valence-electron chi connectivity index (χ4n) is 3.19. The quantitative estimate of drug-likeness (QED) is 0.610. The Morgan fingerprint density at radius 2 is 1.52 bits per heavy atom. The Morgan fingerprint density at radius 3 is 2.11 bits per heavy atom. The molecule has 0 saturated carbocycles. The molecule has 0 unspecified atom stereocenters. The molecule has 5 heteroatoms. The maximum atomic E-state index is 14.5. The highest BCUT2D eigenvalue weighted by Crippen LogP contribution is 2.48. The Hall–Kier alpha value is -2.71. The number of hydrogen-bond donors (Lipinski definition) is 0. The van der Waals surface area contributed by atoms with Gasteiger partial charge in [-0.1, -0.05) is 67.6 Å². The van der Waals surface area contributed by atoms with Crippen LogP contribution in [0.2, 0.25) is 0 Å². The van der Waals surface area contributed by atoms with Gasteiger partial charge in [0, 0.05) is 15.9 Å². The fraction of sp³-hybridized carbons (Fsp3) is 0.182. The molecular weight excluding hydrogens is 359 g/mol. The van der Waals surface area contributed by atoms with Gasteiger partial charge in [0.1, 0.15) is 0 Å². The number of fused-ring (bicyclic) bond motifs is 1. The maximum absolute atomic E-state index is 14.5. The Labute approximate surface area is 159 Å². The van der Waals surface area contributed by atoms with Crippen LogP contribution >= 0.6 is 7.14 Å². The van der Waals surface area contributed by atoms with Crippen LogP contribution in [0.25, 0.3) is 0 Å². The molecule has 3 aromatic carbocycles. The molecule has 0 spiro atoms. The molecule has 0 saturated heterocycles. The van der Waals surface area contributed by atoms with Crippen molar-refractivity contribution in [1.82, 2.24) is 0 Å². The molecule has 0 aromatic heterocycles. The first-order valence-electron chi connectivity index (χ1n) is 9.01. The highest BCUT2D eigenvalue weighted by molar-refractivity contribution is 7.85. The molecule has 1 aliphatic heterocycles. The third-order valence-electron chi connectivity index (χ3n) is 4.49. The first-order chi connectivity index (χ1) is 13.2. The van der Waals surface area contributed by atoms with Gasteiger partial charge in [-0.2, -0.15) is 0 Å². The molecule has 0 aliphatic carbocycles. The van der Waals surface area contributed by atoms with Crippen LogP contribution in [0.1, 0.15) is 13.3 Å². The normalized spacial score (nSPS) is 12.8. The molecule has 4 rings (SSSR count). The third kappa shape index (κ3) is 3.22. The van der Waals surface area contributed by atoms with E-state index < -0.39 is 7.14 Å². The van der Waals surface area contributed by atoms with Gasteiger partial charge in [-0.05, 0) is 18.6 Å². The van der Waals surface area contributed by atoms with E-state index in [1.807, 2.05) is 79.7 Å². The fourth-order valence-corrected chi connectivity index (χ4v) is 5.86. The summed E-state index contributed by atoms with van der Waals surface area (Å²) in [7, 11) is -3.08. The summed E-state index contributed by atoms with van der Waals surface area (Å²) in [6.45, 7) is 2.74. The molecule has 0 amide bonds. The van der Waals surface area contributed by atoms with Gasteiger partial charge >= 0.3 is 0 Å². The van der Waals surface area contributed by atoms with Crippen LogP contribution in [0.5, 0.6) is 17.2 Å². The van der Waals surface area contributed by atoms with E-state index in [4.69, 9.17) is 14.2 Å². The number of hydrogen-bond acceptors (Lipinski definition) is 4. The van der Waals surface area contributed by atoms with E-state index in [0.29, 0.717) is 29.2 Å².